The number of imide groups is 1. The van der Waals surface area contributed by atoms with Crippen LogP contribution in [0, 0.1) is 0 Å². The summed E-state index contributed by atoms with van der Waals surface area (Å²) in [6, 6.07) is 8.10. The van der Waals surface area contributed by atoms with Crippen LogP contribution in [0.5, 0.6) is 0 Å². The molecule has 1 aliphatic heterocycles. The lowest BCUT2D eigenvalue weighted by Gasteiger charge is -2.23. The third kappa shape index (κ3) is 5.07. The average molecular weight is 390 g/mol. The molecule has 0 aliphatic carbocycles. The Labute approximate surface area is 164 Å². The number of carbonyl (C=O) groups is 4. The molecular formula is C19H28N5O4+. The highest BCUT2D eigenvalue weighted by Crippen LogP contribution is 2.27. The number of carbonyl (C=O) groups excluding carboxylic acids is 4. The molecule has 1 saturated heterocycles. The van der Waals surface area contributed by atoms with Gasteiger partial charge < -0.3 is 15.5 Å². The van der Waals surface area contributed by atoms with Crippen LogP contribution in [0.4, 0.5) is 4.79 Å². The molecule has 1 aromatic rings. The first-order valence-electron chi connectivity index (χ1n) is 9.06. The van der Waals surface area contributed by atoms with E-state index in [0.29, 0.717) is 15.5 Å². The molecule has 0 radical (unpaired) electrons. The van der Waals surface area contributed by atoms with Crippen molar-refractivity contribution in [3.8, 4) is 0 Å². The summed E-state index contributed by atoms with van der Waals surface area (Å²) in [5.74, 6) is -1.30. The Morgan fingerprint density at radius 2 is 1.68 bits per heavy atom. The molecule has 0 aromatic heterocycles. The van der Waals surface area contributed by atoms with E-state index in [-0.39, 0.29) is 24.5 Å². The predicted molar refractivity (Wildman–Crippen MR) is 102 cm³/mol. The number of amides is 5. The lowest BCUT2D eigenvalue weighted by Crippen LogP contribution is -3.11. The average Bonchev–Trinajstić information content (AvgIpc) is 2.78. The van der Waals surface area contributed by atoms with E-state index in [0.717, 1.165) is 0 Å². The maximum absolute atomic E-state index is 12.8. The zero-order chi connectivity index (χ0) is 21.1. The normalized spacial score (nSPS) is 20.5. The van der Waals surface area contributed by atoms with Gasteiger partial charge in [0.05, 0.1) is 7.05 Å². The number of urea groups is 1. The van der Waals surface area contributed by atoms with Crippen LogP contribution in [-0.2, 0) is 19.9 Å². The quantitative estimate of drug-likeness (QED) is 0.463. The minimum absolute atomic E-state index is 0.0727. The molecular weight excluding hydrogens is 362 g/mol. The molecule has 152 valence electrons. The lowest BCUT2D eigenvalue weighted by molar-refractivity contribution is -0.862. The second-order valence-electron chi connectivity index (χ2n) is 8.21. The van der Waals surface area contributed by atoms with Gasteiger partial charge in [-0.05, 0) is 33.3 Å². The molecule has 1 heterocycles. The third-order valence-electron chi connectivity index (χ3n) is 4.22. The number of likely N-dealkylation sites (N-methyl/N-ethyl adjacent to an activating group) is 1. The highest BCUT2D eigenvalue weighted by Gasteiger charge is 2.50. The van der Waals surface area contributed by atoms with Crippen molar-refractivity contribution in [3.05, 3.63) is 35.9 Å². The Morgan fingerprint density at radius 3 is 2.25 bits per heavy atom. The summed E-state index contributed by atoms with van der Waals surface area (Å²) in [4.78, 5) is 49.8. The zero-order valence-electron chi connectivity index (χ0n) is 16.9. The number of hydrogen-bond donors (Lipinski definition) is 4. The molecule has 0 bridgehead atoms. The van der Waals surface area contributed by atoms with Gasteiger partial charge in [-0.1, -0.05) is 30.3 Å². The second kappa shape index (κ2) is 7.97. The van der Waals surface area contributed by atoms with Crippen molar-refractivity contribution in [1.29, 1.82) is 0 Å². The monoisotopic (exact) mass is 390 g/mol. The highest BCUT2D eigenvalue weighted by atomic mass is 16.2. The van der Waals surface area contributed by atoms with Gasteiger partial charge >= 0.3 is 6.03 Å². The molecule has 2 atom stereocenters. The molecule has 4 N–H and O–H groups in total. The van der Waals surface area contributed by atoms with Gasteiger partial charge in [0.25, 0.3) is 17.7 Å². The third-order valence-corrected chi connectivity index (χ3v) is 4.22. The first-order valence-corrected chi connectivity index (χ1v) is 9.06. The lowest BCUT2D eigenvalue weighted by atomic mass is 9.92. The van der Waals surface area contributed by atoms with Gasteiger partial charge in [-0.3, -0.25) is 19.8 Å². The van der Waals surface area contributed by atoms with Gasteiger partial charge in [0, 0.05) is 5.54 Å². The van der Waals surface area contributed by atoms with Crippen molar-refractivity contribution in [2.24, 2.45) is 0 Å². The minimum Gasteiger partial charge on any atom is -0.347 e. The van der Waals surface area contributed by atoms with Crippen LogP contribution >= 0.6 is 0 Å². The molecule has 2 rings (SSSR count). The Bertz CT molecular complexity index is 774. The number of quaternary nitrogens is 1. The Kier molecular flexibility index (Phi) is 6.08. The molecule has 28 heavy (non-hydrogen) atoms. The van der Waals surface area contributed by atoms with E-state index in [4.69, 9.17) is 0 Å². The van der Waals surface area contributed by atoms with Crippen LogP contribution in [-0.4, -0.2) is 54.4 Å². The van der Waals surface area contributed by atoms with Gasteiger partial charge in [0.1, 0.15) is 5.54 Å². The summed E-state index contributed by atoms with van der Waals surface area (Å²) in [7, 11) is 1.68. The van der Waals surface area contributed by atoms with Crippen LogP contribution in [0.2, 0.25) is 0 Å². The van der Waals surface area contributed by atoms with E-state index in [1.165, 1.54) is 0 Å². The van der Waals surface area contributed by atoms with E-state index in [9.17, 15) is 19.2 Å². The fraction of sp³-hybridized carbons (Fsp3) is 0.474. The number of nitrogens with one attached hydrogen (secondary N) is 4. The molecule has 0 saturated carbocycles. The summed E-state index contributed by atoms with van der Waals surface area (Å²) in [5.41, 5.74) is 1.34. The molecule has 1 fully saturated rings. The van der Waals surface area contributed by atoms with Crippen LogP contribution in [0.15, 0.2) is 30.3 Å². The van der Waals surface area contributed by atoms with Crippen molar-refractivity contribution < 1.29 is 24.1 Å². The van der Waals surface area contributed by atoms with Gasteiger partial charge in [0.15, 0.2) is 13.1 Å². The summed E-state index contributed by atoms with van der Waals surface area (Å²) >= 11 is 0. The number of nitrogens with zero attached hydrogens (tertiary/aromatic N) is 1. The summed E-state index contributed by atoms with van der Waals surface area (Å²) < 4.78 is 0. The van der Waals surface area contributed by atoms with Crippen molar-refractivity contribution >= 4 is 23.8 Å². The van der Waals surface area contributed by atoms with Crippen molar-refractivity contribution in [2.75, 3.05) is 20.1 Å². The Morgan fingerprint density at radius 1 is 1.11 bits per heavy atom. The topological polar surface area (TPSA) is 112 Å². The van der Waals surface area contributed by atoms with Crippen LogP contribution in [0.1, 0.15) is 33.3 Å². The van der Waals surface area contributed by atoms with Gasteiger partial charge in [-0.2, -0.15) is 5.01 Å². The van der Waals surface area contributed by atoms with Crippen molar-refractivity contribution in [1.82, 2.24) is 21.1 Å². The highest BCUT2D eigenvalue weighted by molar-refractivity contribution is 6.08. The number of hydrogen-bond acceptors (Lipinski definition) is 4. The second-order valence-corrected chi connectivity index (χ2v) is 8.21. The molecule has 1 unspecified atom stereocenters. The minimum atomic E-state index is -1.25. The largest absolute Gasteiger partial charge is 0.347 e. The van der Waals surface area contributed by atoms with Crippen LogP contribution in [0.25, 0.3) is 0 Å². The van der Waals surface area contributed by atoms with E-state index in [2.05, 4.69) is 16.1 Å². The Hall–Kier alpha value is -2.94. The number of rotatable bonds is 6. The van der Waals surface area contributed by atoms with E-state index in [1.54, 1.807) is 38.2 Å². The molecule has 1 aliphatic rings. The van der Waals surface area contributed by atoms with Gasteiger partial charge in [-0.25, -0.2) is 4.79 Å². The standard InChI is InChI=1S/C19H27N5O4/c1-18(2,3)20-14(25)11-23(5)12-15(26)22-24-16(27)19(4,21-17(24)28)13-9-7-6-8-10-13/h6-10H,11-12H2,1-5H3,(H,20,25)(H,21,28)(H,22,26)/p+1/t19-/m1/s1. The number of hydrazine groups is 1. The van der Waals surface area contributed by atoms with Crippen LogP contribution in [0.3, 0.4) is 0 Å². The zero-order valence-corrected chi connectivity index (χ0v) is 16.9. The SMILES string of the molecule is C[NH+](CC(=O)NN1C(=O)N[C@](C)(c2ccccc2)C1=O)CC(=O)NC(C)(C)C. The van der Waals surface area contributed by atoms with E-state index < -0.39 is 23.4 Å². The summed E-state index contributed by atoms with van der Waals surface area (Å²) in [5, 5.41) is 6.13. The smallest absolute Gasteiger partial charge is 0.344 e. The Balaban J connectivity index is 1.96. The fourth-order valence-electron chi connectivity index (χ4n) is 2.95. The summed E-state index contributed by atoms with van der Waals surface area (Å²) in [6.45, 7) is 7.21. The van der Waals surface area contributed by atoms with Crippen molar-refractivity contribution in [3.63, 3.8) is 0 Å². The maximum atomic E-state index is 12.8. The number of benzene rings is 1. The summed E-state index contributed by atoms with van der Waals surface area (Å²) in [6.07, 6.45) is 0. The molecule has 5 amide bonds. The molecule has 0 spiro atoms. The van der Waals surface area contributed by atoms with Crippen LogP contribution < -0.4 is 21.0 Å². The molecule has 1 aromatic carbocycles. The first-order chi connectivity index (χ1) is 12.9. The van der Waals surface area contributed by atoms with Crippen molar-refractivity contribution in [2.45, 2.75) is 38.8 Å². The maximum Gasteiger partial charge on any atom is 0.344 e. The molecule has 9 heteroatoms. The van der Waals surface area contributed by atoms with E-state index in [1.807, 2.05) is 26.8 Å². The van der Waals surface area contributed by atoms with Gasteiger partial charge in [0.2, 0.25) is 0 Å². The molecule has 9 nitrogen and oxygen atoms in total. The fourth-order valence-corrected chi connectivity index (χ4v) is 2.95. The van der Waals surface area contributed by atoms with E-state index >= 15 is 0 Å². The first kappa shape index (κ1) is 21.4. The van der Waals surface area contributed by atoms with Gasteiger partial charge in [-0.15, -0.1) is 0 Å². The predicted octanol–water partition coefficient (Wildman–Crippen LogP) is -1.09.